The predicted octanol–water partition coefficient (Wildman–Crippen LogP) is 3.98. The Morgan fingerprint density at radius 1 is 1.36 bits per heavy atom. The standard InChI is InChI=1S/C16H20BrN3O2/c1-16(2,3)22-15(21)19-12(14-18-10-13(17)20-14)9-11-7-5-4-6-8-11/h4-8,10,12H,9H2,1-3H3,(H,18,20)(H,19,21)/t12-/m0/s1. The van der Waals surface area contributed by atoms with Crippen molar-refractivity contribution in [3.63, 3.8) is 0 Å². The third-order valence-electron chi connectivity index (χ3n) is 2.87. The number of carbonyl (C=O) groups excluding carboxylic acids is 1. The Balaban J connectivity index is 2.13. The number of hydrogen-bond acceptors (Lipinski definition) is 3. The molecule has 0 fully saturated rings. The number of aromatic amines is 1. The molecule has 1 aromatic carbocycles. The summed E-state index contributed by atoms with van der Waals surface area (Å²) in [5.74, 6) is 0.682. The maximum atomic E-state index is 12.1. The molecule has 0 saturated carbocycles. The van der Waals surface area contributed by atoms with Crippen LogP contribution in [0, 0.1) is 0 Å². The third kappa shape index (κ3) is 5.18. The van der Waals surface area contributed by atoms with Crippen molar-refractivity contribution in [2.45, 2.75) is 38.8 Å². The molecule has 0 unspecified atom stereocenters. The van der Waals surface area contributed by atoms with Gasteiger partial charge < -0.3 is 15.0 Å². The summed E-state index contributed by atoms with van der Waals surface area (Å²) in [7, 11) is 0. The number of rotatable bonds is 4. The molecule has 2 N–H and O–H groups in total. The number of alkyl carbamates (subject to hydrolysis) is 1. The molecule has 2 rings (SSSR count). The number of benzene rings is 1. The van der Waals surface area contributed by atoms with Crippen LogP contribution in [-0.4, -0.2) is 21.7 Å². The molecular weight excluding hydrogens is 346 g/mol. The number of halogens is 1. The molecule has 0 aliphatic carbocycles. The Kier molecular flexibility index (Phi) is 5.24. The molecule has 2 aromatic rings. The van der Waals surface area contributed by atoms with E-state index in [0.717, 1.165) is 10.2 Å². The number of nitrogens with zero attached hydrogens (tertiary/aromatic N) is 1. The highest BCUT2D eigenvalue weighted by Crippen LogP contribution is 2.19. The molecule has 1 amide bonds. The number of hydrogen-bond donors (Lipinski definition) is 2. The molecule has 22 heavy (non-hydrogen) atoms. The van der Waals surface area contributed by atoms with Gasteiger partial charge in [0.2, 0.25) is 0 Å². The number of imidazole rings is 1. The first kappa shape index (κ1) is 16.5. The zero-order chi connectivity index (χ0) is 16.2. The molecule has 6 heteroatoms. The quantitative estimate of drug-likeness (QED) is 0.860. The first-order valence-electron chi connectivity index (χ1n) is 7.07. The lowest BCUT2D eigenvalue weighted by Crippen LogP contribution is -2.36. The monoisotopic (exact) mass is 365 g/mol. The molecule has 118 valence electrons. The van der Waals surface area contributed by atoms with Gasteiger partial charge in [0.15, 0.2) is 0 Å². The van der Waals surface area contributed by atoms with Crippen LogP contribution in [0.4, 0.5) is 4.79 Å². The zero-order valence-electron chi connectivity index (χ0n) is 12.9. The van der Waals surface area contributed by atoms with E-state index in [1.807, 2.05) is 51.1 Å². The normalized spacial score (nSPS) is 12.7. The van der Waals surface area contributed by atoms with Crippen molar-refractivity contribution in [2.24, 2.45) is 0 Å². The van der Waals surface area contributed by atoms with E-state index in [1.54, 1.807) is 6.20 Å². The van der Waals surface area contributed by atoms with Gasteiger partial charge in [0.25, 0.3) is 0 Å². The topological polar surface area (TPSA) is 67.0 Å². The second kappa shape index (κ2) is 6.96. The Morgan fingerprint density at radius 2 is 2.05 bits per heavy atom. The lowest BCUT2D eigenvalue weighted by molar-refractivity contribution is 0.0501. The maximum Gasteiger partial charge on any atom is 0.408 e. The first-order valence-corrected chi connectivity index (χ1v) is 7.86. The van der Waals surface area contributed by atoms with E-state index in [-0.39, 0.29) is 6.04 Å². The highest BCUT2D eigenvalue weighted by molar-refractivity contribution is 9.10. The first-order chi connectivity index (χ1) is 10.3. The molecule has 0 spiro atoms. The van der Waals surface area contributed by atoms with Gasteiger partial charge in [-0.05, 0) is 42.3 Å². The summed E-state index contributed by atoms with van der Waals surface area (Å²) >= 11 is 3.34. The smallest absolute Gasteiger partial charge is 0.408 e. The maximum absolute atomic E-state index is 12.1. The Labute approximate surface area is 138 Å². The Bertz CT molecular complexity index is 620. The van der Waals surface area contributed by atoms with E-state index in [0.29, 0.717) is 12.2 Å². The molecule has 5 nitrogen and oxygen atoms in total. The second-order valence-corrected chi connectivity index (χ2v) is 6.86. The number of aromatic nitrogens is 2. The van der Waals surface area contributed by atoms with Gasteiger partial charge in [-0.2, -0.15) is 0 Å². The van der Waals surface area contributed by atoms with Crippen molar-refractivity contribution in [2.75, 3.05) is 0 Å². The number of amides is 1. The summed E-state index contributed by atoms with van der Waals surface area (Å²) in [4.78, 5) is 19.4. The van der Waals surface area contributed by atoms with E-state index in [1.165, 1.54) is 0 Å². The molecule has 0 radical (unpaired) electrons. The van der Waals surface area contributed by atoms with Gasteiger partial charge in [-0.15, -0.1) is 0 Å². The number of H-pyrrole nitrogens is 1. The van der Waals surface area contributed by atoms with Crippen molar-refractivity contribution in [3.05, 3.63) is 52.5 Å². The lowest BCUT2D eigenvalue weighted by Gasteiger charge is -2.23. The van der Waals surface area contributed by atoms with Gasteiger partial charge in [-0.25, -0.2) is 9.78 Å². The van der Waals surface area contributed by atoms with Crippen LogP contribution in [-0.2, 0) is 11.2 Å². The van der Waals surface area contributed by atoms with Crippen LogP contribution in [0.3, 0.4) is 0 Å². The molecule has 1 aromatic heterocycles. The minimum atomic E-state index is -0.537. The summed E-state index contributed by atoms with van der Waals surface area (Å²) in [6.45, 7) is 5.51. The number of ether oxygens (including phenoxy) is 1. The van der Waals surface area contributed by atoms with Gasteiger partial charge >= 0.3 is 6.09 Å². The van der Waals surface area contributed by atoms with Gasteiger partial charge in [0.1, 0.15) is 16.0 Å². The molecule has 1 atom stereocenters. The van der Waals surface area contributed by atoms with Crippen molar-refractivity contribution in [3.8, 4) is 0 Å². The van der Waals surface area contributed by atoms with Crippen LogP contribution in [0.25, 0.3) is 0 Å². The largest absolute Gasteiger partial charge is 0.444 e. The van der Waals surface area contributed by atoms with E-state index < -0.39 is 11.7 Å². The molecule has 0 aliphatic heterocycles. The highest BCUT2D eigenvalue weighted by Gasteiger charge is 2.22. The van der Waals surface area contributed by atoms with Crippen molar-refractivity contribution >= 4 is 22.0 Å². The van der Waals surface area contributed by atoms with Crippen molar-refractivity contribution in [1.82, 2.24) is 15.3 Å². The summed E-state index contributed by atoms with van der Waals surface area (Å²) in [5, 5.41) is 2.88. The van der Waals surface area contributed by atoms with Crippen LogP contribution < -0.4 is 5.32 Å². The Hall–Kier alpha value is -1.82. The van der Waals surface area contributed by atoms with E-state index in [2.05, 4.69) is 31.2 Å². The van der Waals surface area contributed by atoms with Gasteiger partial charge in [0, 0.05) is 6.42 Å². The lowest BCUT2D eigenvalue weighted by atomic mass is 10.1. The van der Waals surface area contributed by atoms with Gasteiger partial charge in [-0.3, -0.25) is 0 Å². The van der Waals surface area contributed by atoms with Crippen LogP contribution in [0.15, 0.2) is 41.1 Å². The van der Waals surface area contributed by atoms with E-state index in [4.69, 9.17) is 4.74 Å². The molecule has 0 bridgehead atoms. The average Bonchev–Trinajstić information content (AvgIpc) is 2.84. The summed E-state index contributed by atoms with van der Waals surface area (Å²) in [5.41, 5.74) is 0.571. The van der Waals surface area contributed by atoms with Gasteiger partial charge in [-0.1, -0.05) is 30.3 Å². The summed E-state index contributed by atoms with van der Waals surface area (Å²) in [6, 6.07) is 9.64. The van der Waals surface area contributed by atoms with Gasteiger partial charge in [0.05, 0.1) is 12.2 Å². The fourth-order valence-corrected chi connectivity index (χ4v) is 2.31. The van der Waals surface area contributed by atoms with Crippen molar-refractivity contribution in [1.29, 1.82) is 0 Å². The van der Waals surface area contributed by atoms with Crippen LogP contribution in [0.2, 0.25) is 0 Å². The summed E-state index contributed by atoms with van der Waals surface area (Å²) in [6.07, 6.45) is 1.84. The second-order valence-electron chi connectivity index (χ2n) is 6.00. The van der Waals surface area contributed by atoms with Crippen LogP contribution in [0.1, 0.15) is 38.2 Å². The average molecular weight is 366 g/mol. The summed E-state index contributed by atoms with van der Waals surface area (Å²) < 4.78 is 6.10. The minimum Gasteiger partial charge on any atom is -0.444 e. The third-order valence-corrected chi connectivity index (χ3v) is 3.27. The molecule has 0 aliphatic rings. The fourth-order valence-electron chi connectivity index (χ4n) is 2.01. The number of nitrogens with one attached hydrogen (secondary N) is 2. The van der Waals surface area contributed by atoms with Crippen molar-refractivity contribution < 1.29 is 9.53 Å². The van der Waals surface area contributed by atoms with Crippen LogP contribution >= 0.6 is 15.9 Å². The predicted molar refractivity (Wildman–Crippen MR) is 88.5 cm³/mol. The van der Waals surface area contributed by atoms with E-state index >= 15 is 0 Å². The number of carbonyl (C=O) groups is 1. The Morgan fingerprint density at radius 3 is 2.59 bits per heavy atom. The van der Waals surface area contributed by atoms with Crippen LogP contribution in [0.5, 0.6) is 0 Å². The molecule has 1 heterocycles. The zero-order valence-corrected chi connectivity index (χ0v) is 14.5. The SMILES string of the molecule is CC(C)(C)OC(=O)N[C@@H](Cc1ccccc1)c1ncc(Br)[nH]1. The molecular formula is C16H20BrN3O2. The fraction of sp³-hybridized carbons (Fsp3) is 0.375. The minimum absolute atomic E-state index is 0.288. The highest BCUT2D eigenvalue weighted by atomic mass is 79.9. The molecule has 0 saturated heterocycles. The van der Waals surface area contributed by atoms with E-state index in [9.17, 15) is 4.79 Å².